The Hall–Kier alpha value is -2.09. The first-order valence-corrected chi connectivity index (χ1v) is 11.0. The van der Waals surface area contributed by atoms with Crippen LogP contribution in [-0.2, 0) is 4.79 Å². The Morgan fingerprint density at radius 2 is 1.00 bits per heavy atom. The largest absolute Gasteiger partial charge is 0.481 e. The summed E-state index contributed by atoms with van der Waals surface area (Å²) in [6.07, 6.45) is 0. The van der Waals surface area contributed by atoms with Gasteiger partial charge < -0.3 is 5.11 Å². The van der Waals surface area contributed by atoms with Crippen LogP contribution in [0.3, 0.4) is 0 Å². The summed E-state index contributed by atoms with van der Waals surface area (Å²) >= 11 is 0. The molecule has 1 atom stereocenters. The van der Waals surface area contributed by atoms with Crippen LogP contribution in [0.1, 0.15) is 120 Å². The Labute approximate surface area is 177 Å². The van der Waals surface area contributed by atoms with Crippen LogP contribution in [0.4, 0.5) is 0 Å². The van der Waals surface area contributed by atoms with Crippen LogP contribution in [0, 0.1) is 0 Å². The minimum Gasteiger partial charge on any atom is -0.481 e. The lowest BCUT2D eigenvalue weighted by Gasteiger charge is -2.25. The standard InChI is InChI=1S/C27H38O2/c1-15(2)20-10-21(16(3)4)12-22(11-20)23-13-24(17(5)6)26(19(9)27(28)29)25(14-23)18(7)8/h10-19H,1-9H3,(H,28,29). The highest BCUT2D eigenvalue weighted by Crippen LogP contribution is 2.39. The fourth-order valence-electron chi connectivity index (χ4n) is 3.95. The maximum Gasteiger partial charge on any atom is 0.310 e. The molecule has 2 heteroatoms. The number of rotatable bonds is 7. The number of hydrogen-bond acceptors (Lipinski definition) is 1. The number of carbonyl (C=O) groups is 1. The number of aliphatic carboxylic acids is 1. The van der Waals surface area contributed by atoms with Crippen LogP contribution in [0.15, 0.2) is 30.3 Å². The molecule has 0 heterocycles. The van der Waals surface area contributed by atoms with Crippen LogP contribution >= 0.6 is 0 Å². The monoisotopic (exact) mass is 394 g/mol. The molecule has 2 nitrogen and oxygen atoms in total. The SMILES string of the molecule is CC(C)c1cc(-c2cc(C(C)C)c(C(C)C(=O)O)c(C(C)C)c2)cc(C(C)C)c1. The first-order valence-electron chi connectivity index (χ1n) is 11.0. The molecule has 158 valence electrons. The second-order valence-corrected chi connectivity index (χ2v) is 9.64. The zero-order chi connectivity index (χ0) is 22.0. The summed E-state index contributed by atoms with van der Waals surface area (Å²) < 4.78 is 0. The summed E-state index contributed by atoms with van der Waals surface area (Å²) in [6, 6.07) is 11.4. The fraction of sp³-hybridized carbons (Fsp3) is 0.519. The third kappa shape index (κ3) is 5.10. The van der Waals surface area contributed by atoms with Crippen LogP contribution in [-0.4, -0.2) is 11.1 Å². The topological polar surface area (TPSA) is 37.3 Å². The van der Waals surface area contributed by atoms with E-state index in [0.29, 0.717) is 11.8 Å². The molecule has 0 bridgehead atoms. The Morgan fingerprint density at radius 3 is 1.31 bits per heavy atom. The van der Waals surface area contributed by atoms with Crippen LogP contribution in [0.2, 0.25) is 0 Å². The van der Waals surface area contributed by atoms with E-state index >= 15 is 0 Å². The summed E-state index contributed by atoms with van der Waals surface area (Å²) in [6.45, 7) is 19.4. The smallest absolute Gasteiger partial charge is 0.310 e. The quantitative estimate of drug-likeness (QED) is 0.516. The molecular weight excluding hydrogens is 356 g/mol. The summed E-state index contributed by atoms with van der Waals surface area (Å²) in [5.41, 5.74) is 8.44. The molecule has 1 unspecified atom stereocenters. The first kappa shape index (κ1) is 23.2. The molecule has 1 N–H and O–H groups in total. The van der Waals surface area contributed by atoms with Gasteiger partial charge in [0.25, 0.3) is 0 Å². The Kier molecular flexibility index (Phi) is 7.32. The summed E-state index contributed by atoms with van der Waals surface area (Å²) in [4.78, 5) is 11.8. The molecule has 0 spiro atoms. The molecule has 0 aliphatic heterocycles. The van der Waals surface area contributed by atoms with E-state index in [1.54, 1.807) is 0 Å². The molecular formula is C27H38O2. The minimum absolute atomic E-state index is 0.266. The average Bonchev–Trinajstić information content (AvgIpc) is 2.65. The van der Waals surface area contributed by atoms with Crippen molar-refractivity contribution in [3.05, 3.63) is 58.1 Å². The van der Waals surface area contributed by atoms with E-state index in [9.17, 15) is 9.90 Å². The van der Waals surface area contributed by atoms with Crippen molar-refractivity contribution in [2.75, 3.05) is 0 Å². The highest BCUT2D eigenvalue weighted by Gasteiger charge is 2.25. The van der Waals surface area contributed by atoms with Crippen molar-refractivity contribution in [1.82, 2.24) is 0 Å². The summed E-state index contributed by atoms with van der Waals surface area (Å²) in [5, 5.41) is 9.73. The van der Waals surface area contributed by atoms with E-state index in [2.05, 4.69) is 85.7 Å². The zero-order valence-electron chi connectivity index (χ0n) is 19.6. The van der Waals surface area contributed by atoms with E-state index in [0.717, 1.165) is 16.7 Å². The van der Waals surface area contributed by atoms with E-state index < -0.39 is 11.9 Å². The Morgan fingerprint density at radius 1 is 0.621 bits per heavy atom. The van der Waals surface area contributed by atoms with Crippen molar-refractivity contribution >= 4 is 5.97 Å². The van der Waals surface area contributed by atoms with Crippen LogP contribution in [0.25, 0.3) is 11.1 Å². The normalized spacial score (nSPS) is 13.0. The third-order valence-corrected chi connectivity index (χ3v) is 5.94. The van der Waals surface area contributed by atoms with Crippen molar-refractivity contribution in [2.45, 2.75) is 91.9 Å². The van der Waals surface area contributed by atoms with Crippen molar-refractivity contribution in [3.8, 4) is 11.1 Å². The zero-order valence-corrected chi connectivity index (χ0v) is 19.6. The highest BCUT2D eigenvalue weighted by atomic mass is 16.4. The minimum atomic E-state index is -0.759. The van der Waals surface area contributed by atoms with E-state index in [4.69, 9.17) is 0 Å². The van der Waals surface area contributed by atoms with Crippen molar-refractivity contribution < 1.29 is 9.90 Å². The number of hydrogen-bond donors (Lipinski definition) is 1. The lowest BCUT2D eigenvalue weighted by atomic mass is 9.80. The van der Waals surface area contributed by atoms with Gasteiger partial charge in [0.15, 0.2) is 0 Å². The van der Waals surface area contributed by atoms with Gasteiger partial charge in [0.05, 0.1) is 5.92 Å². The second-order valence-electron chi connectivity index (χ2n) is 9.64. The van der Waals surface area contributed by atoms with E-state index in [-0.39, 0.29) is 11.8 Å². The molecule has 2 aromatic rings. The number of benzene rings is 2. The maximum absolute atomic E-state index is 11.8. The van der Waals surface area contributed by atoms with Crippen LogP contribution < -0.4 is 0 Å². The summed E-state index contributed by atoms with van der Waals surface area (Å²) in [5.74, 6) is 0.197. The van der Waals surface area contributed by atoms with Gasteiger partial charge in [-0.25, -0.2) is 0 Å². The lowest BCUT2D eigenvalue weighted by Crippen LogP contribution is -2.14. The maximum atomic E-state index is 11.8. The van der Waals surface area contributed by atoms with Crippen LogP contribution in [0.5, 0.6) is 0 Å². The molecule has 0 saturated heterocycles. The molecule has 0 aliphatic rings. The molecule has 29 heavy (non-hydrogen) atoms. The molecule has 0 amide bonds. The third-order valence-electron chi connectivity index (χ3n) is 5.94. The van der Waals surface area contributed by atoms with Crippen molar-refractivity contribution in [1.29, 1.82) is 0 Å². The number of carboxylic acids is 1. The molecule has 0 radical (unpaired) electrons. The first-order chi connectivity index (χ1) is 13.4. The fourth-order valence-corrected chi connectivity index (χ4v) is 3.95. The predicted molar refractivity (Wildman–Crippen MR) is 124 cm³/mol. The van der Waals surface area contributed by atoms with Gasteiger partial charge in [-0.05, 0) is 69.5 Å². The lowest BCUT2D eigenvalue weighted by molar-refractivity contribution is -0.138. The highest BCUT2D eigenvalue weighted by molar-refractivity contribution is 5.79. The second kappa shape index (κ2) is 9.15. The molecule has 0 aliphatic carbocycles. The van der Waals surface area contributed by atoms with Gasteiger partial charge in [-0.3, -0.25) is 4.79 Å². The van der Waals surface area contributed by atoms with Crippen molar-refractivity contribution in [2.24, 2.45) is 0 Å². The van der Waals surface area contributed by atoms with Gasteiger partial charge in [0.1, 0.15) is 0 Å². The van der Waals surface area contributed by atoms with E-state index in [1.165, 1.54) is 22.3 Å². The average molecular weight is 395 g/mol. The Bertz CT molecular complexity index is 817. The molecule has 2 aromatic carbocycles. The Balaban J connectivity index is 2.83. The summed E-state index contributed by atoms with van der Waals surface area (Å²) in [7, 11) is 0. The van der Waals surface area contributed by atoms with Gasteiger partial charge in [-0.1, -0.05) is 85.7 Å². The van der Waals surface area contributed by atoms with Gasteiger partial charge in [0, 0.05) is 0 Å². The molecule has 0 fully saturated rings. The van der Waals surface area contributed by atoms with Gasteiger partial charge in [-0.15, -0.1) is 0 Å². The van der Waals surface area contributed by atoms with Crippen molar-refractivity contribution in [3.63, 3.8) is 0 Å². The number of carboxylic acid groups (broad SMARTS) is 1. The molecule has 2 rings (SSSR count). The van der Waals surface area contributed by atoms with Gasteiger partial charge in [0.2, 0.25) is 0 Å². The van der Waals surface area contributed by atoms with Gasteiger partial charge in [-0.2, -0.15) is 0 Å². The van der Waals surface area contributed by atoms with E-state index in [1.807, 2.05) is 6.92 Å². The molecule has 0 aromatic heterocycles. The predicted octanol–water partition coefficient (Wildman–Crippen LogP) is 8.04. The molecule has 0 saturated carbocycles. The van der Waals surface area contributed by atoms with Gasteiger partial charge >= 0.3 is 5.97 Å².